The predicted octanol–water partition coefficient (Wildman–Crippen LogP) is 5.03. The minimum absolute atomic E-state index is 0.969. The zero-order valence-corrected chi connectivity index (χ0v) is 13.4. The molecule has 0 saturated carbocycles. The van der Waals surface area contributed by atoms with Crippen molar-refractivity contribution in [3.8, 4) is 0 Å². The van der Waals surface area contributed by atoms with E-state index in [1.807, 2.05) is 0 Å². The van der Waals surface area contributed by atoms with Crippen molar-refractivity contribution in [2.24, 2.45) is 0 Å². The second-order valence-electron chi connectivity index (χ2n) is 5.98. The molecule has 0 heterocycles. The maximum absolute atomic E-state index is 2.38. The fourth-order valence-electron chi connectivity index (χ4n) is 2.97. The number of aryl methyl sites for hydroxylation is 1. The third-order valence-electron chi connectivity index (χ3n) is 4.20. The number of benzene rings is 3. The van der Waals surface area contributed by atoms with Gasteiger partial charge < -0.3 is 0 Å². The summed E-state index contributed by atoms with van der Waals surface area (Å²) in [6, 6.07) is 24.2. The maximum Gasteiger partial charge on any atom is 0.0240 e. The first kappa shape index (κ1) is 14.8. The first-order chi connectivity index (χ1) is 10.8. The summed E-state index contributed by atoms with van der Waals surface area (Å²) in [6.45, 7) is 4.14. The van der Waals surface area contributed by atoms with E-state index in [0.717, 1.165) is 19.5 Å². The largest absolute Gasteiger partial charge is 0.298 e. The lowest BCUT2D eigenvalue weighted by molar-refractivity contribution is 0.320. The fourth-order valence-corrected chi connectivity index (χ4v) is 2.97. The van der Waals surface area contributed by atoms with Crippen LogP contribution in [0.3, 0.4) is 0 Å². The highest BCUT2D eigenvalue weighted by Crippen LogP contribution is 2.20. The van der Waals surface area contributed by atoms with Crippen LogP contribution in [0.1, 0.15) is 23.6 Å². The zero-order chi connectivity index (χ0) is 15.4. The summed E-state index contributed by atoms with van der Waals surface area (Å²) >= 11 is 0. The standard InChI is InChI=1S/C21H23N/c1-3-17-11-13-18(14-12-17)15-22(2)16-20-9-6-8-19-7-4-5-10-21(19)20/h4-14H,3,15-16H2,1-2H3. The van der Waals surface area contributed by atoms with Crippen molar-refractivity contribution in [1.29, 1.82) is 0 Å². The Hall–Kier alpha value is -2.12. The lowest BCUT2D eigenvalue weighted by Gasteiger charge is -2.18. The molecular weight excluding hydrogens is 266 g/mol. The average Bonchev–Trinajstić information content (AvgIpc) is 2.56. The molecule has 0 radical (unpaired) electrons. The van der Waals surface area contributed by atoms with Crippen molar-refractivity contribution < 1.29 is 0 Å². The Kier molecular flexibility index (Phi) is 4.55. The quantitative estimate of drug-likeness (QED) is 0.636. The monoisotopic (exact) mass is 289 g/mol. The highest BCUT2D eigenvalue weighted by atomic mass is 15.1. The normalized spacial score (nSPS) is 11.2. The Balaban J connectivity index is 1.73. The van der Waals surface area contributed by atoms with Crippen LogP contribution in [0.15, 0.2) is 66.7 Å². The molecule has 1 nitrogen and oxygen atoms in total. The molecule has 0 atom stereocenters. The van der Waals surface area contributed by atoms with Crippen LogP contribution in [0, 0.1) is 0 Å². The number of fused-ring (bicyclic) bond motifs is 1. The molecule has 0 saturated heterocycles. The molecule has 0 spiro atoms. The van der Waals surface area contributed by atoms with E-state index in [2.05, 4.69) is 85.6 Å². The Morgan fingerprint density at radius 1 is 0.727 bits per heavy atom. The highest BCUT2D eigenvalue weighted by molar-refractivity contribution is 5.85. The van der Waals surface area contributed by atoms with Gasteiger partial charge in [0, 0.05) is 13.1 Å². The molecule has 0 N–H and O–H groups in total. The lowest BCUT2D eigenvalue weighted by atomic mass is 10.0. The number of hydrogen-bond donors (Lipinski definition) is 0. The van der Waals surface area contributed by atoms with Crippen LogP contribution in [0.25, 0.3) is 10.8 Å². The van der Waals surface area contributed by atoms with E-state index >= 15 is 0 Å². The number of nitrogens with zero attached hydrogens (tertiary/aromatic N) is 1. The van der Waals surface area contributed by atoms with Crippen LogP contribution in [-0.4, -0.2) is 11.9 Å². The van der Waals surface area contributed by atoms with E-state index in [-0.39, 0.29) is 0 Å². The van der Waals surface area contributed by atoms with Gasteiger partial charge in [0.15, 0.2) is 0 Å². The zero-order valence-electron chi connectivity index (χ0n) is 13.4. The van der Waals surface area contributed by atoms with Crippen LogP contribution < -0.4 is 0 Å². The molecule has 1 heteroatoms. The van der Waals surface area contributed by atoms with Crippen LogP contribution in [0.2, 0.25) is 0 Å². The Labute approximate surface area is 133 Å². The number of rotatable bonds is 5. The summed E-state index contributed by atoms with van der Waals surface area (Å²) in [5.74, 6) is 0. The summed E-state index contributed by atoms with van der Waals surface area (Å²) in [5, 5.41) is 2.68. The van der Waals surface area contributed by atoms with E-state index in [9.17, 15) is 0 Å². The number of hydrogen-bond acceptors (Lipinski definition) is 1. The molecule has 22 heavy (non-hydrogen) atoms. The van der Waals surface area contributed by atoms with Gasteiger partial charge in [-0.3, -0.25) is 4.90 Å². The summed E-state index contributed by atoms with van der Waals surface area (Å²) in [6.07, 6.45) is 1.10. The first-order valence-corrected chi connectivity index (χ1v) is 7.99. The molecule has 0 aliphatic carbocycles. The van der Waals surface area contributed by atoms with Gasteiger partial charge in [-0.25, -0.2) is 0 Å². The molecule has 3 aromatic rings. The van der Waals surface area contributed by atoms with Crippen molar-refractivity contribution in [3.63, 3.8) is 0 Å². The van der Waals surface area contributed by atoms with E-state index in [1.165, 1.54) is 27.5 Å². The fraction of sp³-hybridized carbons (Fsp3) is 0.238. The SMILES string of the molecule is CCc1ccc(CN(C)Cc2cccc3ccccc23)cc1. The van der Waals surface area contributed by atoms with Gasteiger partial charge in [0.25, 0.3) is 0 Å². The lowest BCUT2D eigenvalue weighted by Crippen LogP contribution is -2.17. The van der Waals surface area contributed by atoms with E-state index < -0.39 is 0 Å². The van der Waals surface area contributed by atoms with Crippen LogP contribution in [0.4, 0.5) is 0 Å². The van der Waals surface area contributed by atoms with Crippen LogP contribution in [-0.2, 0) is 19.5 Å². The topological polar surface area (TPSA) is 3.24 Å². The van der Waals surface area contributed by atoms with Crippen LogP contribution >= 0.6 is 0 Å². The molecule has 0 bridgehead atoms. The van der Waals surface area contributed by atoms with E-state index in [0.29, 0.717) is 0 Å². The Bertz CT molecular complexity index is 738. The Morgan fingerprint density at radius 2 is 1.41 bits per heavy atom. The van der Waals surface area contributed by atoms with E-state index in [1.54, 1.807) is 0 Å². The average molecular weight is 289 g/mol. The van der Waals surface area contributed by atoms with Crippen molar-refractivity contribution in [1.82, 2.24) is 4.90 Å². The maximum atomic E-state index is 2.38. The van der Waals surface area contributed by atoms with Gasteiger partial charge in [0.05, 0.1) is 0 Å². The van der Waals surface area contributed by atoms with Crippen molar-refractivity contribution >= 4 is 10.8 Å². The first-order valence-electron chi connectivity index (χ1n) is 7.99. The van der Waals surface area contributed by atoms with Gasteiger partial charge in [-0.1, -0.05) is 73.7 Å². The second kappa shape index (κ2) is 6.76. The van der Waals surface area contributed by atoms with Gasteiger partial charge in [-0.15, -0.1) is 0 Å². The van der Waals surface area contributed by atoms with Crippen molar-refractivity contribution in [2.75, 3.05) is 7.05 Å². The minimum Gasteiger partial charge on any atom is -0.298 e. The van der Waals surface area contributed by atoms with Gasteiger partial charge in [0.1, 0.15) is 0 Å². The predicted molar refractivity (Wildman–Crippen MR) is 94.9 cm³/mol. The molecule has 3 rings (SSSR count). The van der Waals surface area contributed by atoms with Crippen LogP contribution in [0.5, 0.6) is 0 Å². The van der Waals surface area contributed by atoms with Crippen molar-refractivity contribution in [3.05, 3.63) is 83.4 Å². The van der Waals surface area contributed by atoms with Gasteiger partial charge >= 0.3 is 0 Å². The second-order valence-corrected chi connectivity index (χ2v) is 5.98. The molecule has 0 unspecified atom stereocenters. The molecule has 3 aromatic carbocycles. The molecule has 0 aromatic heterocycles. The van der Waals surface area contributed by atoms with Gasteiger partial charge in [0.2, 0.25) is 0 Å². The smallest absolute Gasteiger partial charge is 0.0240 e. The summed E-state index contributed by atoms with van der Waals surface area (Å²) in [7, 11) is 2.19. The minimum atomic E-state index is 0.969. The van der Waals surface area contributed by atoms with Crippen molar-refractivity contribution in [2.45, 2.75) is 26.4 Å². The molecule has 0 fully saturated rings. The van der Waals surface area contributed by atoms with Gasteiger partial charge in [-0.05, 0) is 40.9 Å². The molecular formula is C21H23N. The summed E-state index contributed by atoms with van der Waals surface area (Å²) in [5.41, 5.74) is 4.17. The Morgan fingerprint density at radius 3 is 2.18 bits per heavy atom. The third kappa shape index (κ3) is 3.37. The third-order valence-corrected chi connectivity index (χ3v) is 4.20. The summed E-state index contributed by atoms with van der Waals surface area (Å²) < 4.78 is 0. The molecule has 0 aliphatic rings. The molecule has 112 valence electrons. The van der Waals surface area contributed by atoms with E-state index in [4.69, 9.17) is 0 Å². The molecule has 0 aliphatic heterocycles. The summed E-state index contributed by atoms with van der Waals surface area (Å²) in [4.78, 5) is 2.38. The van der Waals surface area contributed by atoms with Gasteiger partial charge in [-0.2, -0.15) is 0 Å². The molecule has 0 amide bonds. The highest BCUT2D eigenvalue weighted by Gasteiger charge is 2.05.